The van der Waals surface area contributed by atoms with Crippen LogP contribution in [0.2, 0.25) is 5.02 Å². The third kappa shape index (κ3) is 2.57. The molecule has 1 saturated heterocycles. The fraction of sp³-hybridized carbons (Fsp3) is 0.417. The number of nitrogens with zero attached hydrogens (tertiary/aromatic N) is 1. The Hall–Kier alpha value is -1.33. The Bertz CT molecular complexity index is 456. The van der Waals surface area contributed by atoms with Crippen LogP contribution < -0.4 is 5.32 Å². The lowest BCUT2D eigenvalue weighted by atomic mass is 10.2. The van der Waals surface area contributed by atoms with E-state index >= 15 is 0 Å². The first-order valence-corrected chi connectivity index (χ1v) is 6.13. The number of rotatable bonds is 2. The minimum atomic E-state index is -0.646. The normalized spacial score (nSPS) is 19.1. The zero-order valence-electron chi connectivity index (χ0n) is 9.70. The van der Waals surface area contributed by atoms with Gasteiger partial charge in [0.1, 0.15) is 0 Å². The first-order chi connectivity index (χ1) is 8.63. The Labute approximate surface area is 109 Å². The number of aliphatic hydroxyl groups is 1. The second kappa shape index (κ2) is 5.54. The van der Waals surface area contributed by atoms with Crippen LogP contribution in [-0.2, 0) is 0 Å². The molecule has 2 amide bonds. The maximum absolute atomic E-state index is 13.6. The molecule has 0 saturated carbocycles. The van der Waals surface area contributed by atoms with E-state index in [9.17, 15) is 9.18 Å². The fourth-order valence-electron chi connectivity index (χ4n) is 2.08. The number of halogens is 2. The molecule has 1 atom stereocenters. The topological polar surface area (TPSA) is 52.6 Å². The van der Waals surface area contributed by atoms with Crippen LogP contribution in [0.1, 0.15) is 12.8 Å². The summed E-state index contributed by atoms with van der Waals surface area (Å²) >= 11 is 5.63. The van der Waals surface area contributed by atoms with Crippen molar-refractivity contribution in [2.75, 3.05) is 18.5 Å². The number of likely N-dealkylation sites (tertiary alicyclic amines) is 1. The third-order valence-electron chi connectivity index (χ3n) is 3.04. The molecule has 0 spiro atoms. The highest BCUT2D eigenvalue weighted by molar-refractivity contribution is 6.31. The first-order valence-electron chi connectivity index (χ1n) is 5.76. The van der Waals surface area contributed by atoms with Gasteiger partial charge in [-0.3, -0.25) is 0 Å². The number of carbonyl (C=O) groups excluding carboxylic acids is 1. The molecule has 1 aliphatic heterocycles. The molecule has 98 valence electrons. The van der Waals surface area contributed by atoms with Crippen LogP contribution in [0.4, 0.5) is 14.9 Å². The molecule has 2 N–H and O–H groups in total. The van der Waals surface area contributed by atoms with Crippen molar-refractivity contribution in [3.8, 4) is 0 Å². The third-order valence-corrected chi connectivity index (χ3v) is 3.33. The number of hydrogen-bond acceptors (Lipinski definition) is 2. The fourth-order valence-corrected chi connectivity index (χ4v) is 2.25. The highest BCUT2D eigenvalue weighted by Gasteiger charge is 2.28. The van der Waals surface area contributed by atoms with Gasteiger partial charge in [-0.15, -0.1) is 0 Å². The van der Waals surface area contributed by atoms with Crippen LogP contribution in [0.5, 0.6) is 0 Å². The number of urea groups is 1. The number of benzene rings is 1. The van der Waals surface area contributed by atoms with Crippen LogP contribution in [0.25, 0.3) is 0 Å². The van der Waals surface area contributed by atoms with E-state index in [4.69, 9.17) is 16.7 Å². The molecule has 18 heavy (non-hydrogen) atoms. The van der Waals surface area contributed by atoms with Gasteiger partial charge in [0.15, 0.2) is 5.82 Å². The highest BCUT2D eigenvalue weighted by atomic mass is 35.5. The number of carbonyl (C=O) groups is 1. The number of anilines is 1. The van der Waals surface area contributed by atoms with E-state index in [0.717, 1.165) is 12.8 Å². The highest BCUT2D eigenvalue weighted by Crippen LogP contribution is 2.23. The zero-order valence-corrected chi connectivity index (χ0v) is 10.5. The Kier molecular flexibility index (Phi) is 4.04. The van der Waals surface area contributed by atoms with Gasteiger partial charge in [-0.25, -0.2) is 9.18 Å². The number of aliphatic hydroxyl groups excluding tert-OH is 1. The second-order valence-corrected chi connectivity index (χ2v) is 4.61. The van der Waals surface area contributed by atoms with E-state index in [1.807, 2.05) is 0 Å². The van der Waals surface area contributed by atoms with Crippen LogP contribution in [0, 0.1) is 5.82 Å². The summed E-state index contributed by atoms with van der Waals surface area (Å²) in [5.74, 6) is -0.646. The molecule has 4 nitrogen and oxygen atoms in total. The summed E-state index contributed by atoms with van der Waals surface area (Å²) < 4.78 is 13.6. The van der Waals surface area contributed by atoms with E-state index in [2.05, 4.69) is 5.32 Å². The first kappa shape index (κ1) is 13.1. The largest absolute Gasteiger partial charge is 0.394 e. The summed E-state index contributed by atoms with van der Waals surface area (Å²) in [4.78, 5) is 13.5. The molecule has 2 rings (SSSR count). The van der Waals surface area contributed by atoms with E-state index in [1.165, 1.54) is 17.0 Å². The van der Waals surface area contributed by atoms with Crippen molar-refractivity contribution in [3.63, 3.8) is 0 Å². The average molecular weight is 273 g/mol. The van der Waals surface area contributed by atoms with Gasteiger partial charge in [0.05, 0.1) is 23.4 Å². The van der Waals surface area contributed by atoms with Gasteiger partial charge in [-0.1, -0.05) is 17.7 Å². The summed E-state index contributed by atoms with van der Waals surface area (Å²) in [6.45, 7) is 0.491. The Morgan fingerprint density at radius 1 is 1.61 bits per heavy atom. The van der Waals surface area contributed by atoms with Gasteiger partial charge in [0.2, 0.25) is 0 Å². The number of nitrogens with one attached hydrogen (secondary N) is 1. The molecule has 0 bridgehead atoms. The van der Waals surface area contributed by atoms with Gasteiger partial charge in [-0.2, -0.15) is 0 Å². The maximum Gasteiger partial charge on any atom is 0.322 e. The Morgan fingerprint density at radius 3 is 3.11 bits per heavy atom. The van der Waals surface area contributed by atoms with E-state index in [0.29, 0.717) is 6.54 Å². The van der Waals surface area contributed by atoms with Crippen molar-refractivity contribution in [2.24, 2.45) is 0 Å². The van der Waals surface area contributed by atoms with E-state index in [1.54, 1.807) is 6.07 Å². The summed E-state index contributed by atoms with van der Waals surface area (Å²) in [5, 5.41) is 11.6. The minimum Gasteiger partial charge on any atom is -0.394 e. The molecule has 6 heteroatoms. The minimum absolute atomic E-state index is 0.0343. The van der Waals surface area contributed by atoms with Gasteiger partial charge < -0.3 is 15.3 Å². The van der Waals surface area contributed by atoms with Crippen molar-refractivity contribution in [1.29, 1.82) is 0 Å². The maximum atomic E-state index is 13.6. The lowest BCUT2D eigenvalue weighted by Crippen LogP contribution is -2.40. The lowest BCUT2D eigenvalue weighted by molar-refractivity contribution is 0.166. The van der Waals surface area contributed by atoms with Crippen molar-refractivity contribution >= 4 is 23.3 Å². The average Bonchev–Trinajstić information content (AvgIpc) is 2.83. The summed E-state index contributed by atoms with van der Waals surface area (Å²) in [6.07, 6.45) is 1.61. The number of hydrogen-bond donors (Lipinski definition) is 2. The number of amides is 2. The molecular weight excluding hydrogens is 259 g/mol. The quantitative estimate of drug-likeness (QED) is 0.869. The molecule has 0 unspecified atom stereocenters. The summed E-state index contributed by atoms with van der Waals surface area (Å²) in [6, 6.07) is 3.83. The van der Waals surface area contributed by atoms with Crippen LogP contribution in [0.3, 0.4) is 0 Å². The molecule has 1 aromatic carbocycles. The SMILES string of the molecule is O=C(Nc1cccc(Cl)c1F)N1CCC[C@H]1CO. The molecular formula is C12H14ClFN2O2. The predicted molar refractivity (Wildman–Crippen MR) is 67.2 cm³/mol. The molecule has 0 radical (unpaired) electrons. The van der Waals surface area contributed by atoms with Gasteiger partial charge in [0, 0.05) is 6.54 Å². The van der Waals surface area contributed by atoms with Crippen LogP contribution in [0.15, 0.2) is 18.2 Å². The van der Waals surface area contributed by atoms with E-state index in [-0.39, 0.29) is 23.4 Å². The van der Waals surface area contributed by atoms with Crippen molar-refractivity contribution in [3.05, 3.63) is 29.0 Å². The molecule has 1 heterocycles. The Morgan fingerprint density at radius 2 is 2.39 bits per heavy atom. The Balaban J connectivity index is 2.09. The van der Waals surface area contributed by atoms with Crippen molar-refractivity contribution in [1.82, 2.24) is 4.90 Å². The van der Waals surface area contributed by atoms with Crippen molar-refractivity contribution < 1.29 is 14.3 Å². The van der Waals surface area contributed by atoms with Gasteiger partial charge in [-0.05, 0) is 25.0 Å². The zero-order chi connectivity index (χ0) is 13.1. The molecule has 0 aliphatic carbocycles. The lowest BCUT2D eigenvalue weighted by Gasteiger charge is -2.23. The van der Waals surface area contributed by atoms with Gasteiger partial charge >= 0.3 is 6.03 Å². The molecule has 0 aromatic heterocycles. The second-order valence-electron chi connectivity index (χ2n) is 4.20. The smallest absolute Gasteiger partial charge is 0.322 e. The van der Waals surface area contributed by atoms with E-state index < -0.39 is 11.8 Å². The van der Waals surface area contributed by atoms with Crippen LogP contribution >= 0.6 is 11.6 Å². The summed E-state index contributed by atoms with van der Waals surface area (Å²) in [5.41, 5.74) is 0.0519. The van der Waals surface area contributed by atoms with Crippen molar-refractivity contribution in [2.45, 2.75) is 18.9 Å². The molecule has 1 fully saturated rings. The molecule has 1 aliphatic rings. The predicted octanol–water partition coefficient (Wildman–Crippen LogP) is 2.47. The van der Waals surface area contributed by atoms with Crippen LogP contribution in [-0.4, -0.2) is 35.2 Å². The molecule has 1 aromatic rings. The summed E-state index contributed by atoms with van der Waals surface area (Å²) in [7, 11) is 0. The monoisotopic (exact) mass is 272 g/mol. The standard InChI is InChI=1S/C12H14ClFN2O2/c13-9-4-1-5-10(11(9)14)15-12(18)16-6-2-3-8(16)7-17/h1,4-5,8,17H,2-3,6-7H2,(H,15,18)/t8-/m0/s1. The van der Waals surface area contributed by atoms with Gasteiger partial charge in [0.25, 0.3) is 0 Å².